The van der Waals surface area contributed by atoms with E-state index in [9.17, 15) is 4.79 Å². The van der Waals surface area contributed by atoms with Crippen molar-refractivity contribution < 1.29 is 0 Å². The summed E-state index contributed by atoms with van der Waals surface area (Å²) in [5.41, 5.74) is 1.92. The zero-order chi connectivity index (χ0) is 16.1. The highest BCUT2D eigenvalue weighted by Gasteiger charge is 2.08. The van der Waals surface area contributed by atoms with Gasteiger partial charge in [0.25, 0.3) is 5.56 Å². The summed E-state index contributed by atoms with van der Waals surface area (Å²) in [6, 6.07) is 19.4. The minimum Gasteiger partial charge on any atom is -0.314 e. The SMILES string of the molecule is CN(c1ccccc1)c1nnc(C=Cc2ccccc2)c(=O)[nH]1. The molecule has 23 heavy (non-hydrogen) atoms. The number of anilines is 2. The van der Waals surface area contributed by atoms with Crippen molar-refractivity contribution in [2.45, 2.75) is 0 Å². The molecule has 0 saturated carbocycles. The number of nitrogens with one attached hydrogen (secondary N) is 1. The van der Waals surface area contributed by atoms with Crippen LogP contribution in [0.1, 0.15) is 11.3 Å². The van der Waals surface area contributed by atoms with E-state index in [1.165, 1.54) is 0 Å². The number of nitrogens with zero attached hydrogens (tertiary/aromatic N) is 3. The predicted octanol–water partition coefficient (Wildman–Crippen LogP) is 3.10. The number of benzene rings is 2. The minimum atomic E-state index is -0.273. The minimum absolute atomic E-state index is 0.273. The van der Waals surface area contributed by atoms with Gasteiger partial charge in [0.05, 0.1) is 0 Å². The second-order valence-corrected chi connectivity index (χ2v) is 5.00. The van der Waals surface area contributed by atoms with Gasteiger partial charge in [0, 0.05) is 12.7 Å². The molecule has 0 amide bonds. The highest BCUT2D eigenvalue weighted by atomic mass is 16.1. The lowest BCUT2D eigenvalue weighted by Crippen LogP contribution is -2.21. The molecule has 5 nitrogen and oxygen atoms in total. The van der Waals surface area contributed by atoms with Crippen LogP contribution in [0.3, 0.4) is 0 Å². The molecule has 0 aliphatic heterocycles. The number of hydrogen-bond donors (Lipinski definition) is 1. The molecule has 0 aliphatic rings. The topological polar surface area (TPSA) is 61.9 Å². The summed E-state index contributed by atoms with van der Waals surface area (Å²) in [6.07, 6.45) is 3.49. The van der Waals surface area contributed by atoms with Crippen LogP contribution >= 0.6 is 0 Å². The third-order valence-electron chi connectivity index (χ3n) is 3.40. The average molecular weight is 304 g/mol. The average Bonchev–Trinajstić information content (AvgIpc) is 2.61. The van der Waals surface area contributed by atoms with Gasteiger partial charge in [0.2, 0.25) is 5.95 Å². The van der Waals surface area contributed by atoms with E-state index in [0.717, 1.165) is 11.3 Å². The summed E-state index contributed by atoms with van der Waals surface area (Å²) < 4.78 is 0. The predicted molar refractivity (Wildman–Crippen MR) is 92.5 cm³/mol. The fourth-order valence-corrected chi connectivity index (χ4v) is 2.11. The lowest BCUT2D eigenvalue weighted by atomic mass is 10.2. The second kappa shape index (κ2) is 6.70. The molecule has 114 valence electrons. The standard InChI is InChI=1S/C18H16N4O/c1-22(15-10-6-3-7-11-15)18-19-17(23)16(20-21-18)13-12-14-8-4-2-5-9-14/h2-13H,1H3,(H,19,21,23). The molecule has 0 atom stereocenters. The van der Waals surface area contributed by atoms with Gasteiger partial charge >= 0.3 is 0 Å². The van der Waals surface area contributed by atoms with Crippen LogP contribution in [0, 0.1) is 0 Å². The molecule has 1 heterocycles. The molecule has 1 aromatic heterocycles. The highest BCUT2D eigenvalue weighted by Crippen LogP contribution is 2.17. The zero-order valence-corrected chi connectivity index (χ0v) is 12.7. The van der Waals surface area contributed by atoms with Gasteiger partial charge < -0.3 is 4.90 Å². The van der Waals surface area contributed by atoms with Crippen molar-refractivity contribution in [1.29, 1.82) is 0 Å². The van der Waals surface area contributed by atoms with E-state index < -0.39 is 0 Å². The van der Waals surface area contributed by atoms with E-state index in [1.54, 1.807) is 11.0 Å². The molecule has 5 heteroatoms. The lowest BCUT2D eigenvalue weighted by Gasteiger charge is -2.16. The van der Waals surface area contributed by atoms with E-state index in [2.05, 4.69) is 15.2 Å². The largest absolute Gasteiger partial charge is 0.314 e. The van der Waals surface area contributed by atoms with Crippen LogP contribution in [0.2, 0.25) is 0 Å². The number of aromatic nitrogens is 3. The van der Waals surface area contributed by atoms with Crippen LogP contribution in [0.4, 0.5) is 11.6 Å². The molecule has 2 aromatic carbocycles. The fourth-order valence-electron chi connectivity index (χ4n) is 2.11. The number of H-pyrrole nitrogens is 1. The Hall–Kier alpha value is -3.21. The first kappa shape index (κ1) is 14.7. The van der Waals surface area contributed by atoms with Crippen LogP contribution < -0.4 is 10.5 Å². The molecule has 0 bridgehead atoms. The van der Waals surface area contributed by atoms with E-state index >= 15 is 0 Å². The van der Waals surface area contributed by atoms with Crippen LogP contribution in [0.5, 0.6) is 0 Å². The smallest absolute Gasteiger partial charge is 0.278 e. The molecular weight excluding hydrogens is 288 g/mol. The van der Waals surface area contributed by atoms with Crippen LogP contribution in [-0.4, -0.2) is 22.2 Å². The first-order valence-corrected chi connectivity index (χ1v) is 7.23. The van der Waals surface area contributed by atoms with Crippen molar-refractivity contribution in [2.75, 3.05) is 11.9 Å². The molecule has 0 fully saturated rings. The van der Waals surface area contributed by atoms with Gasteiger partial charge in [-0.25, -0.2) is 0 Å². The Balaban J connectivity index is 1.84. The molecule has 0 spiro atoms. The maximum absolute atomic E-state index is 12.2. The second-order valence-electron chi connectivity index (χ2n) is 5.00. The van der Waals surface area contributed by atoms with Gasteiger partial charge in [0.1, 0.15) is 0 Å². The van der Waals surface area contributed by atoms with E-state index in [-0.39, 0.29) is 11.3 Å². The Morgan fingerprint density at radius 2 is 1.57 bits per heavy atom. The van der Waals surface area contributed by atoms with Gasteiger partial charge in [-0.05, 0) is 23.8 Å². The Kier molecular flexibility index (Phi) is 4.29. The number of hydrogen-bond acceptors (Lipinski definition) is 4. The Morgan fingerprint density at radius 3 is 2.22 bits per heavy atom. The summed E-state index contributed by atoms with van der Waals surface area (Å²) in [4.78, 5) is 16.7. The number of aromatic amines is 1. The molecule has 0 saturated heterocycles. The van der Waals surface area contributed by atoms with Crippen LogP contribution in [-0.2, 0) is 0 Å². The van der Waals surface area contributed by atoms with E-state index in [4.69, 9.17) is 0 Å². The Morgan fingerprint density at radius 1 is 0.913 bits per heavy atom. The van der Waals surface area contributed by atoms with Crippen LogP contribution in [0.25, 0.3) is 12.2 Å². The zero-order valence-electron chi connectivity index (χ0n) is 12.7. The summed E-state index contributed by atoms with van der Waals surface area (Å²) >= 11 is 0. The number of rotatable bonds is 4. The maximum atomic E-state index is 12.2. The highest BCUT2D eigenvalue weighted by molar-refractivity contribution is 5.67. The van der Waals surface area contributed by atoms with Gasteiger partial charge in [-0.2, -0.15) is 0 Å². The van der Waals surface area contributed by atoms with Gasteiger partial charge in [-0.15, -0.1) is 10.2 Å². The molecule has 0 unspecified atom stereocenters. The summed E-state index contributed by atoms with van der Waals surface area (Å²) in [5, 5.41) is 8.11. The Bertz CT molecular complexity index is 857. The van der Waals surface area contributed by atoms with Crippen molar-refractivity contribution in [2.24, 2.45) is 0 Å². The van der Waals surface area contributed by atoms with Gasteiger partial charge in [0.15, 0.2) is 5.69 Å². The van der Waals surface area contributed by atoms with Crippen molar-refractivity contribution >= 4 is 23.8 Å². The van der Waals surface area contributed by atoms with Crippen molar-refractivity contribution in [1.82, 2.24) is 15.2 Å². The van der Waals surface area contributed by atoms with Crippen molar-refractivity contribution in [3.8, 4) is 0 Å². The van der Waals surface area contributed by atoms with E-state index in [1.807, 2.05) is 73.8 Å². The van der Waals surface area contributed by atoms with Gasteiger partial charge in [-0.3, -0.25) is 9.78 Å². The van der Waals surface area contributed by atoms with Crippen molar-refractivity contribution in [3.05, 3.63) is 82.3 Å². The molecule has 3 rings (SSSR count). The number of para-hydroxylation sites is 1. The molecule has 3 aromatic rings. The van der Waals surface area contributed by atoms with Crippen LogP contribution in [0.15, 0.2) is 65.5 Å². The maximum Gasteiger partial charge on any atom is 0.278 e. The summed E-state index contributed by atoms with van der Waals surface area (Å²) in [7, 11) is 1.83. The lowest BCUT2D eigenvalue weighted by molar-refractivity contribution is 0.898. The first-order chi connectivity index (χ1) is 11.2. The molecule has 0 aliphatic carbocycles. The first-order valence-electron chi connectivity index (χ1n) is 7.23. The molecular formula is C18H16N4O. The third-order valence-corrected chi connectivity index (χ3v) is 3.40. The van der Waals surface area contributed by atoms with E-state index in [0.29, 0.717) is 5.95 Å². The van der Waals surface area contributed by atoms with Crippen molar-refractivity contribution in [3.63, 3.8) is 0 Å². The Labute approximate surface area is 133 Å². The molecule has 1 N–H and O–H groups in total. The summed E-state index contributed by atoms with van der Waals surface area (Å²) in [5.74, 6) is 0.401. The third kappa shape index (κ3) is 3.52. The fraction of sp³-hybridized carbons (Fsp3) is 0.0556. The monoisotopic (exact) mass is 304 g/mol. The van der Waals surface area contributed by atoms with Gasteiger partial charge in [-0.1, -0.05) is 54.6 Å². The molecule has 0 radical (unpaired) electrons. The normalized spacial score (nSPS) is 10.8. The summed E-state index contributed by atoms with van der Waals surface area (Å²) in [6.45, 7) is 0. The quantitative estimate of drug-likeness (QED) is 0.804.